The Morgan fingerprint density at radius 3 is 2.07 bits per heavy atom. The summed E-state index contributed by atoms with van der Waals surface area (Å²) in [5.41, 5.74) is 10.8. The SMILES string of the molecule is C[Si](C)(C)c1ccc2c3c(cccc13)-c1cccc3c1B2c1c(ccc2ccccc12)N3c1ccc2ccccc2c1. The lowest BCUT2D eigenvalue weighted by molar-refractivity contribution is 1.30. The standard InChI is InChI=1S/C39H30BNSi/c1-42(2,3)36-23-21-33-37-30(14-8-16-32(36)37)31-15-9-17-34-39(31)40(33)38-29-13-7-6-11-26(29)19-22-35(38)41(34)28-20-18-25-10-4-5-12-27(25)24-28/h4-24H,1-3H3. The predicted molar refractivity (Wildman–Crippen MR) is 187 cm³/mol. The van der Waals surface area contributed by atoms with Crippen LogP contribution in [0.25, 0.3) is 43.4 Å². The normalized spacial score (nSPS) is 13.5. The van der Waals surface area contributed by atoms with Crippen molar-refractivity contribution >= 4 is 85.7 Å². The number of hydrogen-bond acceptors (Lipinski definition) is 1. The van der Waals surface area contributed by atoms with Crippen LogP contribution in [0.15, 0.2) is 127 Å². The Hall–Kier alpha value is -4.60. The summed E-state index contributed by atoms with van der Waals surface area (Å²) in [5, 5.41) is 9.61. The Labute approximate surface area is 248 Å². The number of hydrogen-bond donors (Lipinski definition) is 0. The Balaban J connectivity index is 1.44. The van der Waals surface area contributed by atoms with Gasteiger partial charge in [-0.25, -0.2) is 0 Å². The van der Waals surface area contributed by atoms with Crippen molar-refractivity contribution in [3.8, 4) is 11.1 Å². The van der Waals surface area contributed by atoms with E-state index in [1.54, 1.807) is 5.19 Å². The molecule has 198 valence electrons. The topological polar surface area (TPSA) is 3.24 Å². The summed E-state index contributed by atoms with van der Waals surface area (Å²) in [7, 11) is -1.55. The van der Waals surface area contributed by atoms with Crippen LogP contribution in [0.1, 0.15) is 0 Å². The van der Waals surface area contributed by atoms with Gasteiger partial charge in [0, 0.05) is 17.1 Å². The zero-order chi connectivity index (χ0) is 28.2. The molecular formula is C39H30BNSi. The Morgan fingerprint density at radius 2 is 1.21 bits per heavy atom. The molecule has 42 heavy (non-hydrogen) atoms. The van der Waals surface area contributed by atoms with E-state index >= 15 is 0 Å². The maximum Gasteiger partial charge on any atom is 0.249 e. The molecule has 0 bridgehead atoms. The van der Waals surface area contributed by atoms with Crippen LogP contribution in [0.5, 0.6) is 0 Å². The van der Waals surface area contributed by atoms with Crippen LogP contribution >= 0.6 is 0 Å². The van der Waals surface area contributed by atoms with E-state index in [1.165, 1.54) is 76.9 Å². The Morgan fingerprint density at radius 1 is 0.524 bits per heavy atom. The predicted octanol–water partition coefficient (Wildman–Crippen LogP) is 7.97. The first-order valence-electron chi connectivity index (χ1n) is 15.0. The van der Waals surface area contributed by atoms with Crippen LogP contribution in [0, 0.1) is 0 Å². The molecule has 0 fully saturated rings. The van der Waals surface area contributed by atoms with E-state index in [1.807, 2.05) is 0 Å². The van der Waals surface area contributed by atoms with Crippen molar-refractivity contribution in [3.63, 3.8) is 0 Å². The van der Waals surface area contributed by atoms with E-state index in [2.05, 4.69) is 152 Å². The van der Waals surface area contributed by atoms with Crippen LogP contribution in [-0.2, 0) is 0 Å². The number of rotatable bonds is 2. The second kappa shape index (κ2) is 8.47. The maximum atomic E-state index is 2.52. The highest BCUT2D eigenvalue weighted by Gasteiger charge is 2.42. The zero-order valence-electron chi connectivity index (χ0n) is 24.1. The van der Waals surface area contributed by atoms with Gasteiger partial charge in [-0.2, -0.15) is 0 Å². The Bertz CT molecular complexity index is 2260. The first kappa shape index (κ1) is 24.0. The molecule has 0 unspecified atom stereocenters. The van der Waals surface area contributed by atoms with Crippen molar-refractivity contribution in [2.75, 3.05) is 4.90 Å². The average molecular weight is 552 g/mol. The van der Waals surface area contributed by atoms with Gasteiger partial charge in [0.25, 0.3) is 0 Å². The minimum atomic E-state index is -1.55. The molecule has 2 heterocycles. The van der Waals surface area contributed by atoms with Crippen molar-refractivity contribution in [2.24, 2.45) is 0 Å². The number of nitrogens with zero attached hydrogens (tertiary/aromatic N) is 1. The molecule has 7 aromatic carbocycles. The second-order valence-electron chi connectivity index (χ2n) is 12.9. The van der Waals surface area contributed by atoms with Gasteiger partial charge < -0.3 is 4.90 Å². The fourth-order valence-corrected chi connectivity index (χ4v) is 9.40. The highest BCUT2D eigenvalue weighted by molar-refractivity contribution is 7.02. The van der Waals surface area contributed by atoms with Crippen molar-refractivity contribution < 1.29 is 0 Å². The van der Waals surface area contributed by atoms with E-state index in [0.717, 1.165) is 0 Å². The molecule has 0 N–H and O–H groups in total. The third kappa shape index (κ3) is 3.20. The van der Waals surface area contributed by atoms with Gasteiger partial charge in [-0.05, 0) is 78.6 Å². The molecule has 2 aliphatic rings. The molecular weight excluding hydrogens is 521 g/mol. The fraction of sp³-hybridized carbons (Fsp3) is 0.0769. The van der Waals surface area contributed by atoms with E-state index in [0.29, 0.717) is 0 Å². The lowest BCUT2D eigenvalue weighted by Crippen LogP contribution is -2.60. The summed E-state index contributed by atoms with van der Waals surface area (Å²) in [6.07, 6.45) is 0. The van der Waals surface area contributed by atoms with Gasteiger partial charge in [0.05, 0.1) is 8.07 Å². The van der Waals surface area contributed by atoms with Gasteiger partial charge in [-0.1, -0.05) is 133 Å². The van der Waals surface area contributed by atoms with Crippen LogP contribution in [0.4, 0.5) is 17.1 Å². The van der Waals surface area contributed by atoms with Crippen molar-refractivity contribution in [1.29, 1.82) is 0 Å². The number of anilines is 3. The molecule has 0 radical (unpaired) electrons. The number of fused-ring (bicyclic) bond motifs is 7. The third-order valence-electron chi connectivity index (χ3n) is 9.56. The van der Waals surface area contributed by atoms with Crippen LogP contribution in [0.3, 0.4) is 0 Å². The highest BCUT2D eigenvalue weighted by Crippen LogP contribution is 2.43. The summed E-state index contributed by atoms with van der Waals surface area (Å²) in [5.74, 6) is 0. The van der Waals surface area contributed by atoms with E-state index in [4.69, 9.17) is 0 Å². The molecule has 0 amide bonds. The lowest BCUT2D eigenvalue weighted by Gasteiger charge is -2.41. The number of benzene rings is 7. The second-order valence-corrected chi connectivity index (χ2v) is 18.0. The third-order valence-corrected chi connectivity index (χ3v) is 11.6. The minimum absolute atomic E-state index is 0.169. The summed E-state index contributed by atoms with van der Waals surface area (Å²) in [6, 6.07) is 48.1. The molecule has 1 nitrogen and oxygen atoms in total. The fourth-order valence-electron chi connectivity index (χ4n) is 7.80. The summed E-state index contributed by atoms with van der Waals surface area (Å²) in [4.78, 5) is 2.52. The molecule has 7 aromatic rings. The van der Waals surface area contributed by atoms with Gasteiger partial charge in [-0.3, -0.25) is 0 Å². The summed E-state index contributed by atoms with van der Waals surface area (Å²) < 4.78 is 0. The first-order valence-corrected chi connectivity index (χ1v) is 18.5. The molecule has 0 saturated carbocycles. The van der Waals surface area contributed by atoms with Crippen molar-refractivity contribution in [3.05, 3.63) is 127 Å². The monoisotopic (exact) mass is 551 g/mol. The molecule has 9 rings (SSSR count). The van der Waals surface area contributed by atoms with Crippen LogP contribution in [0.2, 0.25) is 19.6 Å². The van der Waals surface area contributed by atoms with Gasteiger partial charge >= 0.3 is 0 Å². The summed E-state index contributed by atoms with van der Waals surface area (Å²) in [6.45, 7) is 7.58. The van der Waals surface area contributed by atoms with Crippen molar-refractivity contribution in [1.82, 2.24) is 0 Å². The van der Waals surface area contributed by atoms with Gasteiger partial charge in [0.15, 0.2) is 0 Å². The zero-order valence-corrected chi connectivity index (χ0v) is 25.1. The molecule has 3 heteroatoms. The molecule has 0 saturated heterocycles. The molecule has 0 atom stereocenters. The maximum absolute atomic E-state index is 2.52. The van der Waals surface area contributed by atoms with E-state index in [9.17, 15) is 0 Å². The molecule has 0 aromatic heterocycles. The quantitative estimate of drug-likeness (QED) is 0.197. The first-order chi connectivity index (χ1) is 20.5. The highest BCUT2D eigenvalue weighted by atomic mass is 28.3. The molecule has 0 spiro atoms. The van der Waals surface area contributed by atoms with Gasteiger partial charge in [0.2, 0.25) is 6.71 Å². The van der Waals surface area contributed by atoms with Crippen LogP contribution in [-0.4, -0.2) is 14.8 Å². The largest absolute Gasteiger partial charge is 0.311 e. The van der Waals surface area contributed by atoms with Gasteiger partial charge in [-0.15, -0.1) is 0 Å². The van der Waals surface area contributed by atoms with Crippen LogP contribution < -0.4 is 26.5 Å². The van der Waals surface area contributed by atoms with E-state index in [-0.39, 0.29) is 6.71 Å². The molecule has 0 aliphatic carbocycles. The lowest BCUT2D eigenvalue weighted by atomic mass is 9.31. The van der Waals surface area contributed by atoms with E-state index < -0.39 is 8.07 Å². The summed E-state index contributed by atoms with van der Waals surface area (Å²) >= 11 is 0. The molecule has 2 aliphatic heterocycles. The minimum Gasteiger partial charge on any atom is -0.311 e. The smallest absolute Gasteiger partial charge is 0.249 e. The Kier molecular flexibility index (Phi) is 4.85. The van der Waals surface area contributed by atoms with Gasteiger partial charge in [0.1, 0.15) is 0 Å². The van der Waals surface area contributed by atoms with Crippen molar-refractivity contribution in [2.45, 2.75) is 19.6 Å². The average Bonchev–Trinajstić information content (AvgIpc) is 3.01.